The Labute approximate surface area is 143 Å². The van der Waals surface area contributed by atoms with Gasteiger partial charge in [0.2, 0.25) is 0 Å². The summed E-state index contributed by atoms with van der Waals surface area (Å²) < 4.78 is 28.4. The summed E-state index contributed by atoms with van der Waals surface area (Å²) in [5.74, 6) is -1.72. The fourth-order valence-electron chi connectivity index (χ4n) is 3.20. The summed E-state index contributed by atoms with van der Waals surface area (Å²) in [6, 6.07) is 1.96. The van der Waals surface area contributed by atoms with Gasteiger partial charge in [0.15, 0.2) is 23.1 Å². The van der Waals surface area contributed by atoms with Gasteiger partial charge in [-0.2, -0.15) is 0 Å². The van der Waals surface area contributed by atoms with Gasteiger partial charge in [0.25, 0.3) is 0 Å². The van der Waals surface area contributed by atoms with Crippen LogP contribution in [0, 0.1) is 11.6 Å². The summed E-state index contributed by atoms with van der Waals surface area (Å²) in [6.45, 7) is 0. The van der Waals surface area contributed by atoms with Crippen LogP contribution in [0.1, 0.15) is 16.9 Å². The normalized spacial score (nSPS) is 14.0. The molecule has 3 aromatic heterocycles. The molecule has 120 valence electrons. The van der Waals surface area contributed by atoms with Crippen LogP contribution in [0.15, 0.2) is 18.5 Å². The highest BCUT2D eigenvalue weighted by atomic mass is 35.5. The van der Waals surface area contributed by atoms with Crippen LogP contribution in [0.5, 0.6) is 0 Å². The quantitative estimate of drug-likeness (QED) is 0.470. The Bertz CT molecular complexity index is 1130. The molecule has 1 aromatic carbocycles. The van der Waals surface area contributed by atoms with E-state index >= 15 is 0 Å². The third-order valence-electron chi connectivity index (χ3n) is 4.29. The van der Waals surface area contributed by atoms with E-state index < -0.39 is 11.6 Å². The molecule has 0 saturated carbocycles. The van der Waals surface area contributed by atoms with Crippen LogP contribution >= 0.6 is 22.9 Å². The van der Waals surface area contributed by atoms with Crippen LogP contribution in [-0.2, 0) is 12.8 Å². The molecule has 8 heteroatoms. The third-order valence-corrected chi connectivity index (χ3v) is 5.81. The Balaban J connectivity index is 1.80. The first-order valence-corrected chi connectivity index (χ1v) is 8.62. The molecule has 0 aliphatic heterocycles. The number of nitrogens with zero attached hydrogens (tertiary/aromatic N) is 4. The predicted molar refractivity (Wildman–Crippen MR) is 88.6 cm³/mol. The zero-order valence-corrected chi connectivity index (χ0v) is 13.8. The first kappa shape index (κ1) is 14.2. The zero-order chi connectivity index (χ0) is 16.4. The van der Waals surface area contributed by atoms with Gasteiger partial charge < -0.3 is 0 Å². The van der Waals surface area contributed by atoms with Crippen molar-refractivity contribution < 1.29 is 8.78 Å². The highest BCUT2D eigenvalue weighted by Gasteiger charge is 2.23. The molecule has 1 aliphatic carbocycles. The summed E-state index contributed by atoms with van der Waals surface area (Å²) in [4.78, 5) is 11.3. The molecule has 0 spiro atoms. The predicted octanol–water partition coefficient (Wildman–Crippen LogP) is 4.43. The molecule has 0 unspecified atom stereocenters. The van der Waals surface area contributed by atoms with Crippen molar-refractivity contribution in [1.29, 1.82) is 0 Å². The molecular formula is C16H9ClF2N4S. The van der Waals surface area contributed by atoms with Crippen molar-refractivity contribution >= 4 is 38.8 Å². The Kier molecular flexibility index (Phi) is 2.93. The van der Waals surface area contributed by atoms with E-state index in [4.69, 9.17) is 11.6 Å². The smallest absolute Gasteiger partial charge is 0.183 e. The lowest BCUT2D eigenvalue weighted by atomic mass is 10.2. The van der Waals surface area contributed by atoms with Crippen LogP contribution in [0.4, 0.5) is 8.78 Å². The molecule has 1 aliphatic rings. The van der Waals surface area contributed by atoms with Crippen molar-refractivity contribution in [2.75, 3.05) is 0 Å². The lowest BCUT2D eigenvalue weighted by Gasteiger charge is -2.00. The highest BCUT2D eigenvalue weighted by Crippen LogP contribution is 2.38. The fourth-order valence-corrected chi connectivity index (χ4v) is 4.66. The molecule has 5 rings (SSSR count). The van der Waals surface area contributed by atoms with Crippen molar-refractivity contribution in [3.8, 4) is 11.4 Å². The molecule has 4 aromatic rings. The summed E-state index contributed by atoms with van der Waals surface area (Å²) in [5, 5.41) is 5.42. The molecule has 0 N–H and O–H groups in total. The molecule has 0 saturated heterocycles. The third kappa shape index (κ3) is 1.91. The van der Waals surface area contributed by atoms with E-state index in [1.807, 2.05) is 0 Å². The average Bonchev–Trinajstić information content (AvgIpc) is 3.22. The van der Waals surface area contributed by atoms with Gasteiger partial charge in [-0.1, -0.05) is 11.6 Å². The minimum Gasteiger partial charge on any atom is -0.225 e. The molecule has 4 nitrogen and oxygen atoms in total. The Morgan fingerprint density at radius 3 is 2.88 bits per heavy atom. The molecule has 0 radical (unpaired) electrons. The zero-order valence-electron chi connectivity index (χ0n) is 12.2. The molecule has 24 heavy (non-hydrogen) atoms. The van der Waals surface area contributed by atoms with Gasteiger partial charge in [-0.25, -0.2) is 23.3 Å². The van der Waals surface area contributed by atoms with E-state index in [1.54, 1.807) is 22.2 Å². The van der Waals surface area contributed by atoms with Crippen molar-refractivity contribution in [2.24, 2.45) is 0 Å². The number of hydrogen-bond donors (Lipinski definition) is 0. The van der Waals surface area contributed by atoms with Gasteiger partial charge in [0.1, 0.15) is 11.2 Å². The molecule has 0 bridgehead atoms. The van der Waals surface area contributed by atoms with Gasteiger partial charge in [-0.05, 0) is 37.0 Å². The Hall–Kier alpha value is -2.12. The maximum absolute atomic E-state index is 13.6. The summed E-state index contributed by atoms with van der Waals surface area (Å²) >= 11 is 7.73. The van der Waals surface area contributed by atoms with Crippen LogP contribution < -0.4 is 0 Å². The van der Waals surface area contributed by atoms with E-state index in [-0.39, 0.29) is 16.4 Å². The van der Waals surface area contributed by atoms with Gasteiger partial charge in [0, 0.05) is 10.4 Å². The lowest BCUT2D eigenvalue weighted by molar-refractivity contribution is 0.509. The highest BCUT2D eigenvalue weighted by molar-refractivity contribution is 7.19. The molecular weight excluding hydrogens is 354 g/mol. The van der Waals surface area contributed by atoms with E-state index in [2.05, 4.69) is 15.1 Å². The first-order chi connectivity index (χ1) is 11.6. The second kappa shape index (κ2) is 4.94. The number of thiophene rings is 1. The second-order valence-electron chi connectivity index (χ2n) is 5.73. The second-order valence-corrected chi connectivity index (χ2v) is 7.22. The van der Waals surface area contributed by atoms with Gasteiger partial charge in [-0.3, -0.25) is 0 Å². The number of aromatic nitrogens is 4. The molecule has 0 amide bonds. The minimum atomic E-state index is -0.993. The van der Waals surface area contributed by atoms with E-state index in [1.165, 1.54) is 10.4 Å². The monoisotopic (exact) mass is 362 g/mol. The number of fused-ring (bicyclic) bond motifs is 5. The largest absolute Gasteiger partial charge is 0.225 e. The number of benzene rings is 1. The van der Waals surface area contributed by atoms with Gasteiger partial charge >= 0.3 is 0 Å². The number of halogens is 3. The van der Waals surface area contributed by atoms with Crippen molar-refractivity contribution in [3.63, 3.8) is 0 Å². The fraction of sp³-hybridized carbons (Fsp3) is 0.188. The number of rotatable bonds is 1. The van der Waals surface area contributed by atoms with Crippen LogP contribution in [0.2, 0.25) is 5.02 Å². The first-order valence-electron chi connectivity index (χ1n) is 7.42. The average molecular weight is 363 g/mol. The SMILES string of the molecule is Fc1cc(Cl)c(-c2nc3c4c5c(sc4ncn3n2)CCC5)cc1F. The van der Waals surface area contributed by atoms with Crippen LogP contribution in [-0.4, -0.2) is 19.6 Å². The van der Waals surface area contributed by atoms with Gasteiger partial charge in [-0.15, -0.1) is 16.4 Å². The lowest BCUT2D eigenvalue weighted by Crippen LogP contribution is -1.91. The van der Waals surface area contributed by atoms with Crippen molar-refractivity contribution in [3.05, 3.63) is 45.6 Å². The Morgan fingerprint density at radius 2 is 2.00 bits per heavy atom. The van der Waals surface area contributed by atoms with Gasteiger partial charge in [0.05, 0.1) is 10.4 Å². The maximum Gasteiger partial charge on any atom is 0.183 e. The number of aryl methyl sites for hydroxylation is 2. The van der Waals surface area contributed by atoms with Crippen molar-refractivity contribution in [2.45, 2.75) is 19.3 Å². The summed E-state index contributed by atoms with van der Waals surface area (Å²) in [5.41, 5.74) is 2.22. The molecule has 0 atom stereocenters. The van der Waals surface area contributed by atoms with Crippen LogP contribution in [0.3, 0.4) is 0 Å². The maximum atomic E-state index is 13.6. The van der Waals surface area contributed by atoms with E-state index in [0.29, 0.717) is 5.65 Å². The summed E-state index contributed by atoms with van der Waals surface area (Å²) in [7, 11) is 0. The van der Waals surface area contributed by atoms with Crippen LogP contribution in [0.25, 0.3) is 27.3 Å². The Morgan fingerprint density at radius 1 is 1.17 bits per heavy atom. The minimum absolute atomic E-state index is 0.0737. The topological polar surface area (TPSA) is 43.1 Å². The van der Waals surface area contributed by atoms with E-state index in [9.17, 15) is 8.78 Å². The van der Waals surface area contributed by atoms with Crippen molar-refractivity contribution in [1.82, 2.24) is 19.6 Å². The molecule has 3 heterocycles. The van der Waals surface area contributed by atoms with E-state index in [0.717, 1.165) is 41.6 Å². The molecule has 0 fully saturated rings. The summed E-state index contributed by atoms with van der Waals surface area (Å²) in [6.07, 6.45) is 4.80. The number of hydrogen-bond acceptors (Lipinski definition) is 4. The standard InChI is InChI=1S/C16H9ClF2N4S/c17-9-5-11(19)10(18)4-8(9)14-21-15-13-7-2-1-3-12(7)24-16(13)20-6-23(15)22-14/h4-6H,1-3H2.